The third-order valence-electron chi connectivity index (χ3n) is 5.44. The van der Waals surface area contributed by atoms with Gasteiger partial charge in [0.05, 0.1) is 12.8 Å². The molecule has 7 heteroatoms. The van der Waals surface area contributed by atoms with E-state index in [0.29, 0.717) is 19.6 Å². The number of likely N-dealkylation sites (tertiary alicyclic amines) is 1. The van der Waals surface area contributed by atoms with Gasteiger partial charge in [0.15, 0.2) is 0 Å². The highest BCUT2D eigenvalue weighted by atomic mass is 16.5. The summed E-state index contributed by atoms with van der Waals surface area (Å²) in [4.78, 5) is 27.8. The Morgan fingerprint density at radius 1 is 1.25 bits per heavy atom. The molecule has 2 aliphatic rings. The van der Waals surface area contributed by atoms with Crippen molar-refractivity contribution in [2.75, 3.05) is 58.4 Å². The standard InChI is InChI=1S/C17H27N5O2/c1-20-9-10-22(15-13-18-6-7-19-15)14-17(20)4-3-16(23)21(8-5-17)11-12-24-2/h6-7,13H,3-5,8-12,14H2,1-2H3. The Balaban J connectivity index is 1.74. The van der Waals surface area contributed by atoms with Gasteiger partial charge in [-0.25, -0.2) is 4.98 Å². The average Bonchev–Trinajstić information content (AvgIpc) is 2.77. The van der Waals surface area contributed by atoms with Crippen molar-refractivity contribution in [2.45, 2.75) is 24.8 Å². The minimum Gasteiger partial charge on any atom is -0.383 e. The van der Waals surface area contributed by atoms with Crippen LogP contribution in [0.2, 0.25) is 0 Å². The minimum atomic E-state index is 0.0211. The van der Waals surface area contributed by atoms with Gasteiger partial charge in [0.2, 0.25) is 5.91 Å². The third-order valence-corrected chi connectivity index (χ3v) is 5.44. The van der Waals surface area contributed by atoms with E-state index in [9.17, 15) is 4.79 Å². The molecule has 0 radical (unpaired) electrons. The number of hydrogen-bond donors (Lipinski definition) is 0. The van der Waals surface area contributed by atoms with E-state index in [0.717, 1.165) is 44.8 Å². The van der Waals surface area contributed by atoms with Crippen molar-refractivity contribution in [2.24, 2.45) is 0 Å². The second kappa shape index (κ2) is 7.44. The number of rotatable bonds is 4. The summed E-state index contributed by atoms with van der Waals surface area (Å²) < 4.78 is 5.14. The fourth-order valence-electron chi connectivity index (χ4n) is 3.78. The van der Waals surface area contributed by atoms with Gasteiger partial charge in [-0.15, -0.1) is 0 Å². The molecular formula is C17H27N5O2. The zero-order valence-electron chi connectivity index (χ0n) is 14.6. The number of ether oxygens (including phenoxy) is 1. The molecule has 1 unspecified atom stereocenters. The van der Waals surface area contributed by atoms with Crippen LogP contribution in [0.3, 0.4) is 0 Å². The number of methoxy groups -OCH3 is 1. The van der Waals surface area contributed by atoms with Crippen LogP contribution in [0, 0.1) is 0 Å². The molecule has 1 aromatic rings. The Bertz CT molecular complexity index is 555. The topological polar surface area (TPSA) is 61.8 Å². The number of hydrogen-bond acceptors (Lipinski definition) is 6. The van der Waals surface area contributed by atoms with Gasteiger partial charge < -0.3 is 14.5 Å². The van der Waals surface area contributed by atoms with Crippen LogP contribution in [-0.2, 0) is 9.53 Å². The molecule has 7 nitrogen and oxygen atoms in total. The summed E-state index contributed by atoms with van der Waals surface area (Å²) in [7, 11) is 3.86. The van der Waals surface area contributed by atoms with Gasteiger partial charge in [-0.2, -0.15) is 0 Å². The summed E-state index contributed by atoms with van der Waals surface area (Å²) in [6.45, 7) is 4.89. The van der Waals surface area contributed by atoms with Crippen LogP contribution in [0.25, 0.3) is 0 Å². The van der Waals surface area contributed by atoms with Gasteiger partial charge in [-0.3, -0.25) is 14.7 Å². The number of nitrogens with zero attached hydrogens (tertiary/aromatic N) is 5. The average molecular weight is 333 g/mol. The third kappa shape index (κ3) is 3.52. The number of aromatic nitrogens is 2. The summed E-state index contributed by atoms with van der Waals surface area (Å²) in [6, 6.07) is 0. The van der Waals surface area contributed by atoms with E-state index >= 15 is 0 Å². The molecule has 0 N–H and O–H groups in total. The van der Waals surface area contributed by atoms with Gasteiger partial charge in [0.25, 0.3) is 0 Å². The van der Waals surface area contributed by atoms with E-state index in [4.69, 9.17) is 4.74 Å². The Morgan fingerprint density at radius 3 is 2.88 bits per heavy atom. The van der Waals surface area contributed by atoms with Crippen molar-refractivity contribution in [1.29, 1.82) is 0 Å². The zero-order chi connectivity index (χ0) is 17.0. The molecule has 0 bridgehead atoms. The van der Waals surface area contributed by atoms with E-state index in [1.807, 2.05) is 11.1 Å². The van der Waals surface area contributed by atoms with E-state index in [1.54, 1.807) is 19.5 Å². The first-order chi connectivity index (χ1) is 11.6. The Morgan fingerprint density at radius 2 is 2.12 bits per heavy atom. The molecule has 132 valence electrons. The number of likely N-dealkylation sites (N-methyl/N-ethyl adjacent to an activating group) is 1. The first-order valence-corrected chi connectivity index (χ1v) is 8.63. The van der Waals surface area contributed by atoms with Gasteiger partial charge in [0.1, 0.15) is 5.82 Å². The summed E-state index contributed by atoms with van der Waals surface area (Å²) in [6.07, 6.45) is 7.74. The fraction of sp³-hybridized carbons (Fsp3) is 0.706. The van der Waals surface area contributed by atoms with Crippen molar-refractivity contribution < 1.29 is 9.53 Å². The molecule has 1 aromatic heterocycles. The van der Waals surface area contributed by atoms with Crippen LogP contribution in [0.1, 0.15) is 19.3 Å². The Labute approximate surface area is 143 Å². The van der Waals surface area contributed by atoms with E-state index in [2.05, 4.69) is 26.8 Å². The summed E-state index contributed by atoms with van der Waals surface area (Å²) in [5, 5.41) is 0. The maximum Gasteiger partial charge on any atom is 0.222 e. The highest BCUT2D eigenvalue weighted by Gasteiger charge is 2.42. The lowest BCUT2D eigenvalue weighted by atomic mass is 9.86. The van der Waals surface area contributed by atoms with Crippen LogP contribution >= 0.6 is 0 Å². The molecule has 3 heterocycles. The Hall–Kier alpha value is -1.73. The number of anilines is 1. The highest BCUT2D eigenvalue weighted by molar-refractivity contribution is 5.76. The van der Waals surface area contributed by atoms with Gasteiger partial charge in [-0.05, 0) is 19.9 Å². The lowest BCUT2D eigenvalue weighted by molar-refractivity contribution is -0.131. The first-order valence-electron chi connectivity index (χ1n) is 8.63. The number of amides is 1. The quantitative estimate of drug-likeness (QED) is 0.805. The molecule has 1 spiro atoms. The lowest BCUT2D eigenvalue weighted by Gasteiger charge is -2.49. The van der Waals surface area contributed by atoms with Crippen LogP contribution in [0.4, 0.5) is 5.82 Å². The molecule has 24 heavy (non-hydrogen) atoms. The van der Waals surface area contributed by atoms with Gasteiger partial charge >= 0.3 is 0 Å². The summed E-state index contributed by atoms with van der Waals surface area (Å²) >= 11 is 0. The lowest BCUT2D eigenvalue weighted by Crippen LogP contribution is -2.61. The first kappa shape index (κ1) is 17.1. The zero-order valence-corrected chi connectivity index (χ0v) is 14.6. The molecule has 2 saturated heterocycles. The highest BCUT2D eigenvalue weighted by Crippen LogP contribution is 2.33. The van der Waals surface area contributed by atoms with E-state index in [1.165, 1.54) is 0 Å². The van der Waals surface area contributed by atoms with Crippen LogP contribution < -0.4 is 4.90 Å². The largest absolute Gasteiger partial charge is 0.383 e. The number of carbonyl (C=O) groups is 1. The van der Waals surface area contributed by atoms with Crippen molar-refractivity contribution in [3.63, 3.8) is 0 Å². The molecule has 0 aliphatic carbocycles. The van der Waals surface area contributed by atoms with Crippen LogP contribution in [0.5, 0.6) is 0 Å². The monoisotopic (exact) mass is 333 g/mol. The molecular weight excluding hydrogens is 306 g/mol. The van der Waals surface area contributed by atoms with Gasteiger partial charge in [0, 0.05) is 64.2 Å². The molecule has 3 rings (SSSR count). The second-order valence-corrected chi connectivity index (χ2v) is 6.75. The van der Waals surface area contributed by atoms with Crippen molar-refractivity contribution in [3.8, 4) is 0 Å². The molecule has 1 amide bonds. The summed E-state index contributed by atoms with van der Waals surface area (Å²) in [5.41, 5.74) is 0.0211. The van der Waals surface area contributed by atoms with Crippen molar-refractivity contribution >= 4 is 11.7 Å². The van der Waals surface area contributed by atoms with Crippen LogP contribution in [0.15, 0.2) is 18.6 Å². The molecule has 0 aromatic carbocycles. The molecule has 1 atom stereocenters. The number of carbonyl (C=O) groups excluding carboxylic acids is 1. The maximum absolute atomic E-state index is 12.4. The molecule has 2 fully saturated rings. The van der Waals surface area contributed by atoms with Gasteiger partial charge in [-0.1, -0.05) is 0 Å². The predicted molar refractivity (Wildman–Crippen MR) is 91.9 cm³/mol. The normalized spacial score (nSPS) is 26.0. The Kier molecular flexibility index (Phi) is 5.30. The van der Waals surface area contributed by atoms with Crippen LogP contribution in [-0.4, -0.2) is 84.7 Å². The molecule has 2 aliphatic heterocycles. The second-order valence-electron chi connectivity index (χ2n) is 6.75. The summed E-state index contributed by atoms with van der Waals surface area (Å²) in [5.74, 6) is 1.17. The smallest absolute Gasteiger partial charge is 0.222 e. The van der Waals surface area contributed by atoms with E-state index < -0.39 is 0 Å². The predicted octanol–water partition coefficient (Wildman–Crippen LogP) is 0.626. The van der Waals surface area contributed by atoms with Crippen molar-refractivity contribution in [3.05, 3.63) is 18.6 Å². The van der Waals surface area contributed by atoms with Crippen molar-refractivity contribution in [1.82, 2.24) is 19.8 Å². The molecule has 0 saturated carbocycles. The maximum atomic E-state index is 12.4. The SMILES string of the molecule is COCCN1CCC2(CCC1=O)CN(c1cnccn1)CCN2C. The number of piperazine rings is 1. The fourth-order valence-corrected chi connectivity index (χ4v) is 3.78. The minimum absolute atomic E-state index is 0.0211. The van der Waals surface area contributed by atoms with E-state index in [-0.39, 0.29) is 11.4 Å².